The van der Waals surface area contributed by atoms with E-state index in [0.717, 1.165) is 5.56 Å². The molecular weight excluding hydrogens is 306 g/mol. The predicted molar refractivity (Wildman–Crippen MR) is 72.9 cm³/mol. The van der Waals surface area contributed by atoms with Crippen molar-refractivity contribution < 1.29 is 26.7 Å². The van der Waals surface area contributed by atoms with Crippen molar-refractivity contribution in [2.75, 3.05) is 26.9 Å². The van der Waals surface area contributed by atoms with Crippen LogP contribution in [-0.2, 0) is 21.3 Å². The first kappa shape index (κ1) is 17.8. The number of halogens is 2. The molecule has 1 aromatic rings. The van der Waals surface area contributed by atoms with Gasteiger partial charge in [-0.05, 0) is 17.7 Å². The second-order valence-corrected chi connectivity index (χ2v) is 5.79. The average molecular weight is 324 g/mol. The topological polar surface area (TPSA) is 90.7 Å². The Morgan fingerprint density at radius 3 is 2.67 bits per heavy atom. The van der Waals surface area contributed by atoms with Crippen LogP contribution in [0, 0.1) is 0 Å². The maximum absolute atomic E-state index is 12.1. The molecule has 1 rings (SSSR count). The summed E-state index contributed by atoms with van der Waals surface area (Å²) in [6.07, 6.45) is -2.58. The summed E-state index contributed by atoms with van der Waals surface area (Å²) in [5.41, 5.74) is 6.20. The molecule has 0 unspecified atom stereocenters. The van der Waals surface area contributed by atoms with Crippen molar-refractivity contribution >= 4 is 10.0 Å². The van der Waals surface area contributed by atoms with Crippen LogP contribution in [0.15, 0.2) is 23.1 Å². The van der Waals surface area contributed by atoms with E-state index in [1.54, 1.807) is 6.07 Å². The van der Waals surface area contributed by atoms with Gasteiger partial charge in [0.1, 0.15) is 17.3 Å². The largest absolute Gasteiger partial charge is 0.495 e. The first-order valence-corrected chi connectivity index (χ1v) is 7.61. The summed E-state index contributed by atoms with van der Waals surface area (Å²) in [7, 11) is -2.46. The van der Waals surface area contributed by atoms with Gasteiger partial charge in [-0.3, -0.25) is 0 Å². The number of nitrogens with one attached hydrogen (secondary N) is 1. The van der Waals surface area contributed by atoms with Gasteiger partial charge in [0.2, 0.25) is 10.0 Å². The van der Waals surface area contributed by atoms with Crippen LogP contribution in [-0.4, -0.2) is 41.7 Å². The molecule has 0 amide bonds. The third kappa shape index (κ3) is 5.54. The fraction of sp³-hybridized carbons (Fsp3) is 0.500. The van der Waals surface area contributed by atoms with Crippen LogP contribution < -0.4 is 15.2 Å². The summed E-state index contributed by atoms with van der Waals surface area (Å²) in [5, 5.41) is 0. The molecule has 0 atom stereocenters. The summed E-state index contributed by atoms with van der Waals surface area (Å²) >= 11 is 0. The first-order chi connectivity index (χ1) is 9.90. The molecule has 0 radical (unpaired) electrons. The van der Waals surface area contributed by atoms with E-state index >= 15 is 0 Å². The number of ether oxygens (including phenoxy) is 2. The van der Waals surface area contributed by atoms with E-state index in [2.05, 4.69) is 9.46 Å². The molecule has 9 heteroatoms. The van der Waals surface area contributed by atoms with Gasteiger partial charge >= 0.3 is 0 Å². The van der Waals surface area contributed by atoms with E-state index in [9.17, 15) is 17.2 Å². The lowest BCUT2D eigenvalue weighted by Gasteiger charge is -2.12. The van der Waals surface area contributed by atoms with Gasteiger partial charge < -0.3 is 15.2 Å². The third-order valence-corrected chi connectivity index (χ3v) is 4.04. The molecule has 0 aliphatic heterocycles. The molecule has 6 nitrogen and oxygen atoms in total. The van der Waals surface area contributed by atoms with E-state index in [1.165, 1.54) is 19.2 Å². The van der Waals surface area contributed by atoms with Gasteiger partial charge in [0, 0.05) is 13.1 Å². The van der Waals surface area contributed by atoms with Crippen LogP contribution in [0.3, 0.4) is 0 Å². The van der Waals surface area contributed by atoms with E-state index in [1.807, 2.05) is 0 Å². The van der Waals surface area contributed by atoms with E-state index < -0.39 is 23.1 Å². The van der Waals surface area contributed by atoms with Gasteiger partial charge in [-0.2, -0.15) is 0 Å². The van der Waals surface area contributed by atoms with Crippen molar-refractivity contribution in [3.63, 3.8) is 0 Å². The molecule has 0 fully saturated rings. The van der Waals surface area contributed by atoms with Crippen LogP contribution in [0.25, 0.3) is 0 Å². The lowest BCUT2D eigenvalue weighted by molar-refractivity contribution is 0.0199. The number of hydrogen-bond acceptors (Lipinski definition) is 5. The maximum atomic E-state index is 12.1. The van der Waals surface area contributed by atoms with E-state index in [0.29, 0.717) is 0 Å². The minimum Gasteiger partial charge on any atom is -0.495 e. The van der Waals surface area contributed by atoms with Gasteiger partial charge in [-0.25, -0.2) is 21.9 Å². The van der Waals surface area contributed by atoms with Crippen LogP contribution in [0.2, 0.25) is 0 Å². The fourth-order valence-electron chi connectivity index (χ4n) is 1.56. The summed E-state index contributed by atoms with van der Waals surface area (Å²) in [6, 6.07) is 4.48. The lowest BCUT2D eigenvalue weighted by Crippen LogP contribution is -2.28. The van der Waals surface area contributed by atoms with Gasteiger partial charge in [0.15, 0.2) is 0 Å². The number of rotatable bonds is 9. The maximum Gasteiger partial charge on any atom is 0.261 e. The summed E-state index contributed by atoms with van der Waals surface area (Å²) in [5.74, 6) is 0.166. The minimum absolute atomic E-state index is 0.0453. The van der Waals surface area contributed by atoms with Gasteiger partial charge in [0.05, 0.1) is 13.7 Å². The zero-order valence-electron chi connectivity index (χ0n) is 11.5. The quantitative estimate of drug-likeness (QED) is 0.653. The highest BCUT2D eigenvalue weighted by Crippen LogP contribution is 2.24. The Labute approximate surface area is 122 Å². The first-order valence-electron chi connectivity index (χ1n) is 6.13. The Kier molecular flexibility index (Phi) is 6.96. The van der Waals surface area contributed by atoms with Crippen molar-refractivity contribution in [3.8, 4) is 5.75 Å². The average Bonchev–Trinajstić information content (AvgIpc) is 2.45. The molecule has 3 N–H and O–H groups in total. The number of alkyl halides is 2. The molecule has 0 aromatic heterocycles. The highest BCUT2D eigenvalue weighted by molar-refractivity contribution is 7.89. The van der Waals surface area contributed by atoms with Gasteiger partial charge in [0.25, 0.3) is 6.43 Å². The summed E-state index contributed by atoms with van der Waals surface area (Å²) < 4.78 is 59.7. The predicted octanol–water partition coefficient (Wildman–Crippen LogP) is 0.714. The summed E-state index contributed by atoms with van der Waals surface area (Å²) in [6.45, 7) is -0.731. The van der Waals surface area contributed by atoms with Crippen LogP contribution in [0.1, 0.15) is 5.56 Å². The number of nitrogens with two attached hydrogens (primary N) is 1. The molecular formula is C12H18F2N2O4S. The van der Waals surface area contributed by atoms with Crippen molar-refractivity contribution in [2.45, 2.75) is 17.9 Å². The molecule has 1 aromatic carbocycles. The minimum atomic E-state index is -3.81. The number of hydrogen-bond donors (Lipinski definition) is 2. The van der Waals surface area contributed by atoms with Gasteiger partial charge in [-0.1, -0.05) is 6.07 Å². The molecule has 0 bridgehead atoms. The van der Waals surface area contributed by atoms with Crippen LogP contribution >= 0.6 is 0 Å². The second-order valence-electron chi connectivity index (χ2n) is 4.05. The molecule has 21 heavy (non-hydrogen) atoms. The Hall–Kier alpha value is -1.29. The molecule has 0 heterocycles. The highest BCUT2D eigenvalue weighted by atomic mass is 32.2. The third-order valence-electron chi connectivity index (χ3n) is 2.54. The smallest absolute Gasteiger partial charge is 0.261 e. The zero-order valence-corrected chi connectivity index (χ0v) is 12.3. The Bertz CT molecular complexity index is 552. The standard InChI is InChI=1S/C12H18F2N2O4S/c1-19-10-6-9(7-15)2-3-11(10)21(17,18)16-4-5-20-8-12(13)14/h2-3,6,12,16H,4-5,7-8,15H2,1H3. The number of benzene rings is 1. The molecule has 0 spiro atoms. The Morgan fingerprint density at radius 2 is 2.10 bits per heavy atom. The fourth-order valence-corrected chi connectivity index (χ4v) is 2.72. The SMILES string of the molecule is COc1cc(CN)ccc1S(=O)(=O)NCCOCC(F)F. The molecule has 0 saturated carbocycles. The molecule has 0 saturated heterocycles. The van der Waals surface area contributed by atoms with Crippen molar-refractivity contribution in [1.29, 1.82) is 0 Å². The zero-order chi connectivity index (χ0) is 15.9. The van der Waals surface area contributed by atoms with E-state index in [4.69, 9.17) is 10.5 Å². The lowest BCUT2D eigenvalue weighted by atomic mass is 10.2. The van der Waals surface area contributed by atoms with E-state index in [-0.39, 0.29) is 30.3 Å². The van der Waals surface area contributed by atoms with Crippen molar-refractivity contribution in [1.82, 2.24) is 4.72 Å². The van der Waals surface area contributed by atoms with Crippen LogP contribution in [0.4, 0.5) is 8.78 Å². The Morgan fingerprint density at radius 1 is 1.38 bits per heavy atom. The number of methoxy groups -OCH3 is 1. The Balaban J connectivity index is 2.70. The molecule has 0 aliphatic carbocycles. The van der Waals surface area contributed by atoms with Crippen molar-refractivity contribution in [2.24, 2.45) is 5.73 Å². The summed E-state index contributed by atoms with van der Waals surface area (Å²) in [4.78, 5) is -0.0453. The monoisotopic (exact) mass is 324 g/mol. The normalized spacial score (nSPS) is 11.9. The van der Waals surface area contributed by atoms with Crippen molar-refractivity contribution in [3.05, 3.63) is 23.8 Å². The molecule has 120 valence electrons. The van der Waals surface area contributed by atoms with Crippen LogP contribution in [0.5, 0.6) is 5.75 Å². The number of sulfonamides is 1. The van der Waals surface area contributed by atoms with Gasteiger partial charge in [-0.15, -0.1) is 0 Å². The highest BCUT2D eigenvalue weighted by Gasteiger charge is 2.19. The molecule has 0 aliphatic rings. The second kappa shape index (κ2) is 8.23.